The highest BCUT2D eigenvalue weighted by molar-refractivity contribution is 7.15. The molecular formula is C15H14ClN3S. The van der Waals surface area contributed by atoms with Gasteiger partial charge in [-0.15, -0.1) is 11.3 Å². The van der Waals surface area contributed by atoms with Gasteiger partial charge in [0, 0.05) is 29.4 Å². The number of benzene rings is 1. The maximum Gasteiger partial charge on any atom is 0.183 e. The van der Waals surface area contributed by atoms with Crippen molar-refractivity contribution < 1.29 is 0 Å². The van der Waals surface area contributed by atoms with E-state index in [1.807, 2.05) is 26.2 Å². The van der Waals surface area contributed by atoms with Crippen LogP contribution in [0.15, 0.2) is 36.7 Å². The van der Waals surface area contributed by atoms with Crippen molar-refractivity contribution in [3.63, 3.8) is 0 Å². The summed E-state index contributed by atoms with van der Waals surface area (Å²) in [5.41, 5.74) is 3.42. The Kier molecular flexibility index (Phi) is 3.59. The van der Waals surface area contributed by atoms with Gasteiger partial charge in [0.2, 0.25) is 0 Å². The van der Waals surface area contributed by atoms with Crippen LogP contribution < -0.4 is 0 Å². The molecule has 0 atom stereocenters. The molecule has 0 spiro atoms. The van der Waals surface area contributed by atoms with E-state index in [0.29, 0.717) is 4.47 Å². The molecule has 0 saturated carbocycles. The fraction of sp³-hybridized carbons (Fsp3) is 0.200. The van der Waals surface area contributed by atoms with E-state index in [1.54, 1.807) is 0 Å². The summed E-state index contributed by atoms with van der Waals surface area (Å²) >= 11 is 7.38. The van der Waals surface area contributed by atoms with Crippen molar-refractivity contribution in [2.75, 3.05) is 0 Å². The zero-order valence-electron chi connectivity index (χ0n) is 11.3. The molecular weight excluding hydrogens is 290 g/mol. The standard InChI is InChI=1S/C15H14ClN3S/c1-10-9-19(11(2)18-10)13-5-3-12(4-6-13)7-14-8-17-15(16)20-14/h3-6,8-9H,7H2,1-2H3. The average Bonchev–Trinajstić information content (AvgIpc) is 2.96. The molecule has 0 unspecified atom stereocenters. The van der Waals surface area contributed by atoms with Gasteiger partial charge in [-0.25, -0.2) is 9.97 Å². The summed E-state index contributed by atoms with van der Waals surface area (Å²) < 4.78 is 2.70. The van der Waals surface area contributed by atoms with Crippen molar-refractivity contribution in [3.05, 3.63) is 63.1 Å². The number of rotatable bonds is 3. The minimum absolute atomic E-state index is 0.598. The van der Waals surface area contributed by atoms with E-state index in [2.05, 4.69) is 38.8 Å². The van der Waals surface area contributed by atoms with Crippen molar-refractivity contribution in [1.82, 2.24) is 14.5 Å². The van der Waals surface area contributed by atoms with Gasteiger partial charge in [0.1, 0.15) is 5.82 Å². The molecule has 5 heteroatoms. The van der Waals surface area contributed by atoms with Gasteiger partial charge in [-0.2, -0.15) is 0 Å². The number of aryl methyl sites for hydroxylation is 2. The van der Waals surface area contributed by atoms with Gasteiger partial charge in [-0.3, -0.25) is 0 Å². The molecule has 3 aromatic rings. The Bertz CT molecular complexity index is 728. The second-order valence-corrected chi connectivity index (χ2v) is 6.42. The number of imidazole rings is 1. The van der Waals surface area contributed by atoms with Crippen LogP contribution in [0, 0.1) is 13.8 Å². The number of aromatic nitrogens is 3. The summed E-state index contributed by atoms with van der Waals surface area (Å²) in [6.45, 7) is 4.02. The lowest BCUT2D eigenvalue weighted by Crippen LogP contribution is -1.95. The largest absolute Gasteiger partial charge is 0.304 e. The maximum atomic E-state index is 5.85. The van der Waals surface area contributed by atoms with Gasteiger partial charge in [-0.1, -0.05) is 23.7 Å². The first-order valence-corrected chi connectivity index (χ1v) is 7.53. The van der Waals surface area contributed by atoms with Gasteiger partial charge in [0.15, 0.2) is 4.47 Å². The van der Waals surface area contributed by atoms with Crippen LogP contribution in [0.3, 0.4) is 0 Å². The number of thiazole rings is 1. The third kappa shape index (κ3) is 2.76. The molecule has 0 aliphatic rings. The Morgan fingerprint density at radius 3 is 2.50 bits per heavy atom. The topological polar surface area (TPSA) is 30.7 Å². The molecule has 0 radical (unpaired) electrons. The lowest BCUT2D eigenvalue weighted by atomic mass is 10.1. The predicted octanol–water partition coefficient (Wildman–Crippen LogP) is 4.19. The normalized spacial score (nSPS) is 10.9. The molecule has 0 bridgehead atoms. The monoisotopic (exact) mass is 303 g/mol. The SMILES string of the molecule is Cc1cn(-c2ccc(Cc3cnc(Cl)s3)cc2)c(C)n1. The molecule has 3 rings (SSSR count). The van der Waals surface area contributed by atoms with Crippen molar-refractivity contribution in [2.45, 2.75) is 20.3 Å². The van der Waals surface area contributed by atoms with E-state index in [9.17, 15) is 0 Å². The van der Waals surface area contributed by atoms with Crippen molar-refractivity contribution in [2.24, 2.45) is 0 Å². The van der Waals surface area contributed by atoms with Crippen molar-refractivity contribution in [1.29, 1.82) is 0 Å². The van der Waals surface area contributed by atoms with E-state index >= 15 is 0 Å². The molecule has 2 aromatic heterocycles. The molecule has 3 nitrogen and oxygen atoms in total. The highest BCUT2D eigenvalue weighted by Crippen LogP contribution is 2.21. The Morgan fingerprint density at radius 1 is 1.20 bits per heavy atom. The van der Waals surface area contributed by atoms with Crippen LogP contribution in [0.4, 0.5) is 0 Å². The third-order valence-electron chi connectivity index (χ3n) is 3.12. The molecule has 20 heavy (non-hydrogen) atoms. The smallest absolute Gasteiger partial charge is 0.183 e. The molecule has 102 valence electrons. The van der Waals surface area contributed by atoms with Crippen LogP contribution in [0.5, 0.6) is 0 Å². The molecule has 1 aromatic carbocycles. The first kappa shape index (κ1) is 13.3. The van der Waals surface area contributed by atoms with Gasteiger partial charge in [-0.05, 0) is 31.5 Å². The van der Waals surface area contributed by atoms with Crippen LogP contribution in [-0.2, 0) is 6.42 Å². The Labute approximate surface area is 126 Å². The second-order valence-electron chi connectivity index (χ2n) is 4.72. The Balaban J connectivity index is 1.82. The molecule has 0 amide bonds. The van der Waals surface area contributed by atoms with Gasteiger partial charge < -0.3 is 4.57 Å². The molecule has 2 heterocycles. The zero-order chi connectivity index (χ0) is 14.1. The van der Waals surface area contributed by atoms with Crippen LogP contribution in [0.2, 0.25) is 4.47 Å². The van der Waals surface area contributed by atoms with Gasteiger partial charge in [0.25, 0.3) is 0 Å². The quantitative estimate of drug-likeness (QED) is 0.726. The molecule has 0 fully saturated rings. The van der Waals surface area contributed by atoms with Crippen molar-refractivity contribution in [3.8, 4) is 5.69 Å². The van der Waals surface area contributed by atoms with Crippen molar-refractivity contribution >= 4 is 22.9 Å². The number of hydrogen-bond donors (Lipinski definition) is 0. The number of hydrogen-bond acceptors (Lipinski definition) is 3. The Morgan fingerprint density at radius 2 is 1.95 bits per heavy atom. The van der Waals surface area contributed by atoms with Crippen LogP contribution in [-0.4, -0.2) is 14.5 Å². The molecule has 0 aliphatic carbocycles. The van der Waals surface area contributed by atoms with E-state index in [4.69, 9.17) is 11.6 Å². The van der Waals surface area contributed by atoms with E-state index in [1.165, 1.54) is 21.8 Å². The minimum atomic E-state index is 0.598. The average molecular weight is 304 g/mol. The maximum absolute atomic E-state index is 5.85. The van der Waals surface area contributed by atoms with Crippen LogP contribution in [0.1, 0.15) is 22.0 Å². The minimum Gasteiger partial charge on any atom is -0.304 e. The summed E-state index contributed by atoms with van der Waals surface area (Å²) in [5.74, 6) is 1.00. The highest BCUT2D eigenvalue weighted by Gasteiger charge is 2.05. The highest BCUT2D eigenvalue weighted by atomic mass is 35.5. The summed E-state index contributed by atoms with van der Waals surface area (Å²) in [6.07, 6.45) is 4.75. The molecule has 0 aliphatic heterocycles. The summed E-state index contributed by atoms with van der Waals surface area (Å²) in [4.78, 5) is 9.66. The number of nitrogens with zero attached hydrogens (tertiary/aromatic N) is 3. The lowest BCUT2D eigenvalue weighted by Gasteiger charge is -2.06. The van der Waals surface area contributed by atoms with Gasteiger partial charge >= 0.3 is 0 Å². The van der Waals surface area contributed by atoms with E-state index < -0.39 is 0 Å². The zero-order valence-corrected chi connectivity index (χ0v) is 12.9. The summed E-state index contributed by atoms with van der Waals surface area (Å²) in [6, 6.07) is 8.51. The summed E-state index contributed by atoms with van der Waals surface area (Å²) in [5, 5.41) is 0. The molecule has 0 N–H and O–H groups in total. The van der Waals surface area contributed by atoms with E-state index in [-0.39, 0.29) is 0 Å². The summed E-state index contributed by atoms with van der Waals surface area (Å²) in [7, 11) is 0. The van der Waals surface area contributed by atoms with Crippen LogP contribution in [0.25, 0.3) is 5.69 Å². The third-order valence-corrected chi connectivity index (χ3v) is 4.24. The van der Waals surface area contributed by atoms with Crippen LogP contribution >= 0.6 is 22.9 Å². The fourth-order valence-electron chi connectivity index (χ4n) is 2.22. The lowest BCUT2D eigenvalue weighted by molar-refractivity contribution is 0.972. The Hall–Kier alpha value is -1.65. The first-order valence-electron chi connectivity index (χ1n) is 6.34. The van der Waals surface area contributed by atoms with Gasteiger partial charge in [0.05, 0.1) is 5.69 Å². The first-order chi connectivity index (χ1) is 9.61. The predicted molar refractivity (Wildman–Crippen MR) is 83.0 cm³/mol. The van der Waals surface area contributed by atoms with E-state index in [0.717, 1.165) is 23.6 Å². The second kappa shape index (κ2) is 5.38. The molecule has 0 saturated heterocycles. The fourth-order valence-corrected chi connectivity index (χ4v) is 3.23. The number of halogens is 1.